The minimum absolute atomic E-state index is 0.0669. The molecule has 0 atom stereocenters. The first-order valence-corrected chi connectivity index (χ1v) is 5.91. The number of benzene rings is 1. The van der Waals surface area contributed by atoms with Crippen molar-refractivity contribution in [3.05, 3.63) is 56.7 Å². The Morgan fingerprint density at radius 3 is 2.71 bits per heavy atom. The third kappa shape index (κ3) is 2.28. The molecular formula is C12H7BrClFO2. The number of furan rings is 1. The molecule has 2 nitrogen and oxygen atoms in total. The fraction of sp³-hybridized carbons (Fsp3) is 0.0833. The summed E-state index contributed by atoms with van der Waals surface area (Å²) in [6.45, 7) is 1.64. The lowest BCUT2D eigenvalue weighted by Gasteiger charge is -2.04. The fourth-order valence-electron chi connectivity index (χ4n) is 1.46. The summed E-state index contributed by atoms with van der Waals surface area (Å²) in [5, 5.41) is 0.288. The van der Waals surface area contributed by atoms with Crippen LogP contribution in [0.25, 0.3) is 0 Å². The fourth-order valence-corrected chi connectivity index (χ4v) is 1.94. The number of carbonyl (C=O) groups is 1. The van der Waals surface area contributed by atoms with Gasteiger partial charge in [-0.3, -0.25) is 4.79 Å². The monoisotopic (exact) mass is 316 g/mol. The third-order valence-electron chi connectivity index (χ3n) is 2.36. The number of rotatable bonds is 2. The molecule has 1 aromatic carbocycles. The molecule has 5 heteroatoms. The SMILES string of the molecule is Cc1occc1C(=O)c1cc(Cl)c(Br)cc1F. The molecule has 0 N–H and O–H groups in total. The van der Waals surface area contributed by atoms with Crippen molar-refractivity contribution in [1.29, 1.82) is 0 Å². The first kappa shape index (κ1) is 12.3. The summed E-state index contributed by atoms with van der Waals surface area (Å²) in [4.78, 5) is 12.0. The average Bonchev–Trinajstić information content (AvgIpc) is 2.69. The van der Waals surface area contributed by atoms with Crippen LogP contribution in [0.3, 0.4) is 0 Å². The minimum Gasteiger partial charge on any atom is -0.469 e. The van der Waals surface area contributed by atoms with Gasteiger partial charge < -0.3 is 4.42 Å². The normalized spacial score (nSPS) is 10.6. The molecular weight excluding hydrogens is 310 g/mol. The predicted octanol–water partition coefficient (Wildman–Crippen LogP) is 4.37. The molecule has 0 fully saturated rings. The Labute approximate surface area is 111 Å². The van der Waals surface area contributed by atoms with Gasteiger partial charge in [-0.2, -0.15) is 0 Å². The van der Waals surface area contributed by atoms with Crippen molar-refractivity contribution >= 4 is 33.3 Å². The number of carbonyl (C=O) groups excluding carboxylic acids is 1. The number of hydrogen-bond donors (Lipinski definition) is 0. The highest BCUT2D eigenvalue weighted by atomic mass is 79.9. The standard InChI is InChI=1S/C12H7BrClFO2/c1-6-7(2-3-17-6)12(16)8-4-10(14)9(13)5-11(8)15/h2-5H,1H3. The van der Waals surface area contributed by atoms with Crippen LogP contribution in [0.2, 0.25) is 5.02 Å². The highest BCUT2D eigenvalue weighted by Gasteiger charge is 2.19. The molecule has 0 aliphatic rings. The van der Waals surface area contributed by atoms with Crippen molar-refractivity contribution in [2.45, 2.75) is 6.92 Å². The minimum atomic E-state index is -0.619. The lowest BCUT2D eigenvalue weighted by atomic mass is 10.0. The maximum absolute atomic E-state index is 13.7. The summed E-state index contributed by atoms with van der Waals surface area (Å²) in [7, 11) is 0. The third-order valence-corrected chi connectivity index (χ3v) is 3.56. The first-order chi connectivity index (χ1) is 8.00. The van der Waals surface area contributed by atoms with Crippen LogP contribution in [0.15, 0.2) is 33.4 Å². The van der Waals surface area contributed by atoms with E-state index in [1.54, 1.807) is 6.92 Å². The van der Waals surface area contributed by atoms with Crippen LogP contribution in [0.1, 0.15) is 21.7 Å². The van der Waals surface area contributed by atoms with Gasteiger partial charge in [-0.1, -0.05) is 11.6 Å². The zero-order chi connectivity index (χ0) is 12.6. The van der Waals surface area contributed by atoms with E-state index in [-0.39, 0.29) is 10.6 Å². The van der Waals surface area contributed by atoms with Crippen LogP contribution in [0.5, 0.6) is 0 Å². The molecule has 0 aliphatic carbocycles. The molecule has 1 aromatic heterocycles. The molecule has 0 spiro atoms. The van der Waals surface area contributed by atoms with E-state index in [2.05, 4.69) is 15.9 Å². The van der Waals surface area contributed by atoms with Gasteiger partial charge >= 0.3 is 0 Å². The van der Waals surface area contributed by atoms with Crippen LogP contribution in [-0.2, 0) is 0 Å². The second-order valence-corrected chi connectivity index (χ2v) is 4.73. The van der Waals surface area contributed by atoms with Gasteiger partial charge in [0.05, 0.1) is 22.4 Å². The number of halogens is 3. The summed E-state index contributed by atoms with van der Waals surface area (Å²) >= 11 is 8.93. The van der Waals surface area contributed by atoms with Crippen molar-refractivity contribution < 1.29 is 13.6 Å². The second-order valence-electron chi connectivity index (χ2n) is 3.47. The van der Waals surface area contributed by atoms with Crippen molar-refractivity contribution in [2.75, 3.05) is 0 Å². The van der Waals surface area contributed by atoms with E-state index >= 15 is 0 Å². The van der Waals surface area contributed by atoms with Crippen molar-refractivity contribution in [3.8, 4) is 0 Å². The molecule has 0 amide bonds. The predicted molar refractivity (Wildman–Crippen MR) is 66.0 cm³/mol. The molecule has 0 bridgehead atoms. The lowest BCUT2D eigenvalue weighted by molar-refractivity contribution is 0.103. The highest BCUT2D eigenvalue weighted by Crippen LogP contribution is 2.27. The van der Waals surface area contributed by atoms with Crippen LogP contribution < -0.4 is 0 Å². The quantitative estimate of drug-likeness (QED) is 0.608. The van der Waals surface area contributed by atoms with Crippen molar-refractivity contribution in [2.24, 2.45) is 0 Å². The van der Waals surface area contributed by atoms with E-state index in [1.165, 1.54) is 24.5 Å². The lowest BCUT2D eigenvalue weighted by Crippen LogP contribution is -2.04. The van der Waals surface area contributed by atoms with Crippen molar-refractivity contribution in [1.82, 2.24) is 0 Å². The maximum atomic E-state index is 13.7. The highest BCUT2D eigenvalue weighted by molar-refractivity contribution is 9.10. The van der Waals surface area contributed by atoms with Crippen LogP contribution in [0.4, 0.5) is 4.39 Å². The van der Waals surface area contributed by atoms with Gasteiger partial charge in [-0.05, 0) is 41.1 Å². The van der Waals surface area contributed by atoms with E-state index in [9.17, 15) is 9.18 Å². The number of ketones is 1. The van der Waals surface area contributed by atoms with E-state index in [0.717, 1.165) is 0 Å². The summed E-state index contributed by atoms with van der Waals surface area (Å²) in [6, 6.07) is 3.98. The van der Waals surface area contributed by atoms with Crippen LogP contribution >= 0.6 is 27.5 Å². The zero-order valence-corrected chi connectivity index (χ0v) is 11.1. The van der Waals surface area contributed by atoms with Gasteiger partial charge in [0.2, 0.25) is 0 Å². The molecule has 0 radical (unpaired) electrons. The molecule has 0 saturated carbocycles. The molecule has 17 heavy (non-hydrogen) atoms. The zero-order valence-electron chi connectivity index (χ0n) is 8.76. The van der Waals surface area contributed by atoms with Gasteiger partial charge in [0.15, 0.2) is 5.78 Å². The van der Waals surface area contributed by atoms with E-state index in [1.807, 2.05) is 0 Å². The van der Waals surface area contributed by atoms with E-state index in [0.29, 0.717) is 15.8 Å². The van der Waals surface area contributed by atoms with Gasteiger partial charge in [0.1, 0.15) is 11.6 Å². The summed E-state index contributed by atoms with van der Waals surface area (Å²) in [5.41, 5.74) is 0.269. The molecule has 0 unspecified atom stereocenters. The molecule has 0 aliphatic heterocycles. The first-order valence-electron chi connectivity index (χ1n) is 4.74. The van der Waals surface area contributed by atoms with E-state index in [4.69, 9.17) is 16.0 Å². The Bertz CT molecular complexity index is 592. The molecule has 2 rings (SSSR count). The summed E-state index contributed by atoms with van der Waals surface area (Å²) in [5.74, 6) is -0.608. The summed E-state index contributed by atoms with van der Waals surface area (Å²) < 4.78 is 19.1. The van der Waals surface area contributed by atoms with Gasteiger partial charge in [-0.15, -0.1) is 0 Å². The van der Waals surface area contributed by atoms with Crippen LogP contribution in [-0.4, -0.2) is 5.78 Å². The molecule has 2 aromatic rings. The Hall–Kier alpha value is -1.13. The molecule has 1 heterocycles. The van der Waals surface area contributed by atoms with E-state index < -0.39 is 11.6 Å². The average molecular weight is 318 g/mol. The number of hydrogen-bond acceptors (Lipinski definition) is 2. The Morgan fingerprint density at radius 1 is 1.41 bits per heavy atom. The Balaban J connectivity index is 2.52. The van der Waals surface area contributed by atoms with Gasteiger partial charge in [0, 0.05) is 4.47 Å². The smallest absolute Gasteiger partial charge is 0.199 e. The largest absolute Gasteiger partial charge is 0.469 e. The topological polar surface area (TPSA) is 30.2 Å². The second kappa shape index (κ2) is 4.63. The molecule has 88 valence electrons. The van der Waals surface area contributed by atoms with Crippen LogP contribution in [0, 0.1) is 12.7 Å². The van der Waals surface area contributed by atoms with Crippen molar-refractivity contribution in [3.63, 3.8) is 0 Å². The van der Waals surface area contributed by atoms with Gasteiger partial charge in [-0.25, -0.2) is 4.39 Å². The Kier molecular flexibility index (Phi) is 3.35. The van der Waals surface area contributed by atoms with Gasteiger partial charge in [0.25, 0.3) is 0 Å². The maximum Gasteiger partial charge on any atom is 0.199 e. The Morgan fingerprint density at radius 2 is 2.12 bits per heavy atom. The molecule has 0 saturated heterocycles. The number of aryl methyl sites for hydroxylation is 1. The summed E-state index contributed by atoms with van der Waals surface area (Å²) in [6.07, 6.45) is 1.39.